The van der Waals surface area contributed by atoms with Gasteiger partial charge in [-0.15, -0.1) is 0 Å². The van der Waals surface area contributed by atoms with Crippen LogP contribution in [-0.2, 0) is 13.5 Å². The molecule has 2 aromatic rings. The first-order valence-corrected chi connectivity index (χ1v) is 8.28. The van der Waals surface area contributed by atoms with Crippen molar-refractivity contribution in [3.63, 3.8) is 0 Å². The fourth-order valence-electron chi connectivity index (χ4n) is 3.14. The molecule has 1 aliphatic rings. The van der Waals surface area contributed by atoms with E-state index in [2.05, 4.69) is 29.4 Å². The molecule has 0 spiro atoms. The highest BCUT2D eigenvalue weighted by atomic mass is 16.2. The van der Waals surface area contributed by atoms with Crippen molar-refractivity contribution in [2.45, 2.75) is 25.8 Å². The molecule has 1 aromatic carbocycles. The summed E-state index contributed by atoms with van der Waals surface area (Å²) in [4.78, 5) is 19.3. The van der Waals surface area contributed by atoms with Gasteiger partial charge in [-0.25, -0.2) is 4.98 Å². The molecule has 0 aliphatic carbocycles. The molecule has 23 heavy (non-hydrogen) atoms. The highest BCUT2D eigenvalue weighted by Gasteiger charge is 2.30. The van der Waals surface area contributed by atoms with Crippen LogP contribution in [0.2, 0.25) is 0 Å². The summed E-state index contributed by atoms with van der Waals surface area (Å²) in [5.74, 6) is 1.01. The van der Waals surface area contributed by atoms with Gasteiger partial charge >= 0.3 is 0 Å². The number of piperazine rings is 1. The van der Waals surface area contributed by atoms with Gasteiger partial charge < -0.3 is 14.8 Å². The third-order valence-corrected chi connectivity index (χ3v) is 4.40. The van der Waals surface area contributed by atoms with Crippen molar-refractivity contribution in [3.05, 3.63) is 53.6 Å². The van der Waals surface area contributed by atoms with Crippen LogP contribution in [0.15, 0.2) is 36.7 Å². The number of aromatic nitrogens is 2. The van der Waals surface area contributed by atoms with E-state index in [1.54, 1.807) is 6.20 Å². The Morgan fingerprint density at radius 1 is 1.35 bits per heavy atom. The molecule has 1 amide bonds. The molecule has 1 atom stereocenters. The van der Waals surface area contributed by atoms with Gasteiger partial charge in [0.15, 0.2) is 0 Å². The zero-order chi connectivity index (χ0) is 16.2. The molecule has 0 radical (unpaired) electrons. The van der Waals surface area contributed by atoms with E-state index in [1.165, 1.54) is 5.56 Å². The minimum atomic E-state index is -0.0217. The summed E-state index contributed by atoms with van der Waals surface area (Å²) >= 11 is 0. The third kappa shape index (κ3) is 3.29. The number of aryl methyl sites for hydroxylation is 2. The Morgan fingerprint density at radius 2 is 2.13 bits per heavy atom. The van der Waals surface area contributed by atoms with Gasteiger partial charge in [-0.05, 0) is 24.1 Å². The Morgan fingerprint density at radius 3 is 2.78 bits per heavy atom. The summed E-state index contributed by atoms with van der Waals surface area (Å²) < 4.78 is 1.99. The van der Waals surface area contributed by atoms with Gasteiger partial charge in [0.25, 0.3) is 5.91 Å². The Bertz CT molecular complexity index is 662. The first kappa shape index (κ1) is 15.7. The monoisotopic (exact) mass is 312 g/mol. The standard InChI is InChI=1S/C18H24N4O/c1-3-4-14-5-7-15(8-6-14)18(23)22-12-9-19-13-16(22)17-20-10-11-21(17)2/h5-8,10-11,16,19H,3-4,9,12-13H2,1-2H3. The van der Waals surface area contributed by atoms with E-state index in [9.17, 15) is 4.79 Å². The minimum absolute atomic E-state index is 0.0217. The lowest BCUT2D eigenvalue weighted by Gasteiger charge is -2.35. The second kappa shape index (κ2) is 6.96. The lowest BCUT2D eigenvalue weighted by atomic mass is 10.1. The molecule has 1 saturated heterocycles. The van der Waals surface area contributed by atoms with Gasteiger partial charge in [-0.3, -0.25) is 4.79 Å². The van der Waals surface area contributed by atoms with Crippen LogP contribution < -0.4 is 5.32 Å². The fraction of sp³-hybridized carbons (Fsp3) is 0.444. The van der Waals surface area contributed by atoms with Crippen molar-refractivity contribution in [1.29, 1.82) is 0 Å². The number of carbonyl (C=O) groups is 1. The van der Waals surface area contributed by atoms with E-state index in [1.807, 2.05) is 34.8 Å². The molecule has 1 aromatic heterocycles. The quantitative estimate of drug-likeness (QED) is 0.941. The number of imidazole rings is 1. The van der Waals surface area contributed by atoms with Crippen LogP contribution in [0, 0.1) is 0 Å². The zero-order valence-electron chi connectivity index (χ0n) is 13.8. The number of benzene rings is 1. The average molecular weight is 312 g/mol. The van der Waals surface area contributed by atoms with Gasteiger partial charge in [0.05, 0.1) is 0 Å². The van der Waals surface area contributed by atoms with E-state index in [-0.39, 0.29) is 11.9 Å². The van der Waals surface area contributed by atoms with E-state index in [0.29, 0.717) is 6.54 Å². The van der Waals surface area contributed by atoms with Crippen molar-refractivity contribution in [2.75, 3.05) is 19.6 Å². The summed E-state index contributed by atoms with van der Waals surface area (Å²) in [7, 11) is 1.97. The SMILES string of the molecule is CCCc1ccc(C(=O)N2CCNCC2c2nccn2C)cc1. The van der Waals surface area contributed by atoms with E-state index in [0.717, 1.165) is 37.3 Å². The predicted molar refractivity (Wildman–Crippen MR) is 90.3 cm³/mol. The van der Waals surface area contributed by atoms with Crippen LogP contribution in [0.5, 0.6) is 0 Å². The third-order valence-electron chi connectivity index (χ3n) is 4.40. The highest BCUT2D eigenvalue weighted by molar-refractivity contribution is 5.94. The van der Waals surface area contributed by atoms with Crippen molar-refractivity contribution < 1.29 is 4.79 Å². The number of rotatable bonds is 4. The number of carbonyl (C=O) groups excluding carboxylic acids is 1. The number of hydrogen-bond acceptors (Lipinski definition) is 3. The Balaban J connectivity index is 1.82. The van der Waals surface area contributed by atoms with E-state index in [4.69, 9.17) is 0 Å². The van der Waals surface area contributed by atoms with Crippen LogP contribution in [0.25, 0.3) is 0 Å². The summed E-state index contributed by atoms with van der Waals surface area (Å²) in [5.41, 5.74) is 2.04. The topological polar surface area (TPSA) is 50.2 Å². The molecular formula is C18H24N4O. The maximum Gasteiger partial charge on any atom is 0.254 e. The van der Waals surface area contributed by atoms with Crippen LogP contribution in [0.3, 0.4) is 0 Å². The second-order valence-electron chi connectivity index (χ2n) is 6.06. The van der Waals surface area contributed by atoms with Crippen molar-refractivity contribution in [2.24, 2.45) is 7.05 Å². The average Bonchev–Trinajstić information content (AvgIpc) is 3.01. The largest absolute Gasteiger partial charge is 0.336 e. The summed E-state index contributed by atoms with van der Waals surface area (Å²) in [6.07, 6.45) is 5.88. The Labute approximate surface area is 137 Å². The summed E-state index contributed by atoms with van der Waals surface area (Å²) in [6, 6.07) is 8.01. The van der Waals surface area contributed by atoms with Crippen molar-refractivity contribution in [1.82, 2.24) is 19.8 Å². The molecule has 122 valence electrons. The second-order valence-corrected chi connectivity index (χ2v) is 6.06. The van der Waals surface area contributed by atoms with Gasteiger partial charge in [0.1, 0.15) is 11.9 Å². The van der Waals surface area contributed by atoms with Gasteiger partial charge in [-0.2, -0.15) is 0 Å². The lowest BCUT2D eigenvalue weighted by molar-refractivity contribution is 0.0621. The molecular weight excluding hydrogens is 288 g/mol. The molecule has 1 unspecified atom stereocenters. The molecule has 1 aliphatic heterocycles. The van der Waals surface area contributed by atoms with Gasteiger partial charge in [0, 0.05) is 44.6 Å². The van der Waals surface area contributed by atoms with Crippen LogP contribution in [-0.4, -0.2) is 40.0 Å². The minimum Gasteiger partial charge on any atom is -0.336 e. The highest BCUT2D eigenvalue weighted by Crippen LogP contribution is 2.23. The maximum atomic E-state index is 12.9. The zero-order valence-corrected chi connectivity index (χ0v) is 13.8. The summed E-state index contributed by atoms with van der Waals surface area (Å²) in [6.45, 7) is 4.43. The molecule has 5 nitrogen and oxygen atoms in total. The normalized spacial score (nSPS) is 18.2. The van der Waals surface area contributed by atoms with Crippen LogP contribution >= 0.6 is 0 Å². The number of amides is 1. The maximum absolute atomic E-state index is 12.9. The first-order valence-electron chi connectivity index (χ1n) is 8.28. The van der Waals surface area contributed by atoms with Crippen LogP contribution in [0.4, 0.5) is 0 Å². The molecule has 0 bridgehead atoms. The molecule has 1 fully saturated rings. The predicted octanol–water partition coefficient (Wildman–Crippen LogP) is 2.16. The van der Waals surface area contributed by atoms with E-state index >= 15 is 0 Å². The Kier molecular flexibility index (Phi) is 4.76. The number of hydrogen-bond donors (Lipinski definition) is 1. The molecule has 1 N–H and O–H groups in total. The fourth-order valence-corrected chi connectivity index (χ4v) is 3.14. The Hall–Kier alpha value is -2.14. The van der Waals surface area contributed by atoms with E-state index < -0.39 is 0 Å². The molecule has 5 heteroatoms. The molecule has 3 rings (SSSR count). The number of nitrogens with one attached hydrogen (secondary N) is 1. The summed E-state index contributed by atoms with van der Waals surface area (Å²) in [5, 5.41) is 3.37. The van der Waals surface area contributed by atoms with Crippen molar-refractivity contribution in [3.8, 4) is 0 Å². The lowest BCUT2D eigenvalue weighted by Crippen LogP contribution is -2.49. The van der Waals surface area contributed by atoms with Crippen LogP contribution in [0.1, 0.15) is 41.1 Å². The molecule has 0 saturated carbocycles. The first-order chi connectivity index (χ1) is 11.2. The molecule has 2 heterocycles. The smallest absolute Gasteiger partial charge is 0.254 e. The van der Waals surface area contributed by atoms with Crippen molar-refractivity contribution >= 4 is 5.91 Å². The van der Waals surface area contributed by atoms with Gasteiger partial charge in [-0.1, -0.05) is 25.5 Å². The van der Waals surface area contributed by atoms with Gasteiger partial charge in [0.2, 0.25) is 0 Å². The number of nitrogens with zero attached hydrogens (tertiary/aromatic N) is 3.